The molecule has 2 rings (SSSR count). The summed E-state index contributed by atoms with van der Waals surface area (Å²) in [6.07, 6.45) is 2.54. The summed E-state index contributed by atoms with van der Waals surface area (Å²) in [5.74, 6) is -0.370. The van der Waals surface area contributed by atoms with Gasteiger partial charge in [0.25, 0.3) is 0 Å². The van der Waals surface area contributed by atoms with E-state index >= 15 is 0 Å². The number of esters is 1. The Labute approximate surface area is 125 Å². The lowest BCUT2D eigenvalue weighted by atomic mass is 9.96. The van der Waals surface area contributed by atoms with E-state index in [0.29, 0.717) is 12.0 Å². The van der Waals surface area contributed by atoms with Crippen molar-refractivity contribution >= 4 is 17.6 Å². The monoisotopic (exact) mass is 278 g/mol. The van der Waals surface area contributed by atoms with Gasteiger partial charge < -0.3 is 4.74 Å². The number of hydrogen-bond acceptors (Lipinski definition) is 2. The van der Waals surface area contributed by atoms with Crippen LogP contribution in [0.3, 0.4) is 0 Å². The second-order valence-corrected chi connectivity index (χ2v) is 4.72. The van der Waals surface area contributed by atoms with Crippen LogP contribution in [0.1, 0.15) is 17.5 Å². The lowest BCUT2D eigenvalue weighted by molar-refractivity contribution is -0.136. The summed E-state index contributed by atoms with van der Waals surface area (Å²) in [6, 6.07) is 20.0. The van der Waals surface area contributed by atoms with E-state index in [0.717, 1.165) is 16.7 Å². The number of methoxy groups -OCH3 is 1. The van der Waals surface area contributed by atoms with Crippen molar-refractivity contribution in [3.05, 3.63) is 83.9 Å². The van der Waals surface area contributed by atoms with Crippen LogP contribution >= 0.6 is 0 Å². The van der Waals surface area contributed by atoms with Crippen LogP contribution in [-0.4, -0.2) is 13.1 Å². The van der Waals surface area contributed by atoms with E-state index in [9.17, 15) is 4.79 Å². The Morgan fingerprint density at radius 2 is 1.62 bits per heavy atom. The van der Waals surface area contributed by atoms with Crippen LogP contribution in [0.15, 0.2) is 72.8 Å². The average Bonchev–Trinajstić information content (AvgIpc) is 2.55. The summed E-state index contributed by atoms with van der Waals surface area (Å²) in [6.45, 7) is 3.82. The van der Waals surface area contributed by atoms with Crippen molar-refractivity contribution in [2.45, 2.75) is 6.42 Å². The third-order valence-electron chi connectivity index (χ3n) is 3.16. The highest BCUT2D eigenvalue weighted by Gasteiger charge is 2.11. The molecule has 0 amide bonds. The molecule has 21 heavy (non-hydrogen) atoms. The quantitative estimate of drug-likeness (QED) is 0.462. The Hall–Kier alpha value is -2.61. The summed E-state index contributed by atoms with van der Waals surface area (Å²) >= 11 is 0. The van der Waals surface area contributed by atoms with E-state index in [2.05, 4.69) is 12.7 Å². The third-order valence-corrected chi connectivity index (χ3v) is 3.16. The number of benzene rings is 2. The summed E-state index contributed by atoms with van der Waals surface area (Å²) < 4.78 is 4.73. The predicted molar refractivity (Wildman–Crippen MR) is 86.5 cm³/mol. The molecule has 0 aliphatic heterocycles. The van der Waals surface area contributed by atoms with Gasteiger partial charge in [0.2, 0.25) is 0 Å². The third kappa shape index (κ3) is 4.18. The fourth-order valence-corrected chi connectivity index (χ4v) is 2.09. The van der Waals surface area contributed by atoms with Crippen LogP contribution in [0, 0.1) is 0 Å². The molecule has 0 N–H and O–H groups in total. The van der Waals surface area contributed by atoms with Crippen LogP contribution in [0.5, 0.6) is 0 Å². The van der Waals surface area contributed by atoms with E-state index in [4.69, 9.17) is 4.74 Å². The minimum atomic E-state index is -0.370. The molecule has 0 radical (unpaired) electrons. The minimum absolute atomic E-state index is 0.370. The number of rotatable bonds is 5. The van der Waals surface area contributed by atoms with Crippen LogP contribution in [0.25, 0.3) is 11.6 Å². The molecule has 0 aliphatic rings. The largest absolute Gasteiger partial charge is 0.466 e. The zero-order valence-corrected chi connectivity index (χ0v) is 12.1. The zero-order valence-electron chi connectivity index (χ0n) is 12.1. The molecule has 0 aliphatic carbocycles. The Balaban J connectivity index is 2.34. The van der Waals surface area contributed by atoms with Crippen molar-refractivity contribution in [1.29, 1.82) is 0 Å². The van der Waals surface area contributed by atoms with Crippen molar-refractivity contribution in [3.63, 3.8) is 0 Å². The van der Waals surface area contributed by atoms with Crippen molar-refractivity contribution in [2.24, 2.45) is 0 Å². The zero-order chi connectivity index (χ0) is 15.1. The second-order valence-electron chi connectivity index (χ2n) is 4.72. The van der Waals surface area contributed by atoms with Crippen LogP contribution in [-0.2, 0) is 9.53 Å². The average molecular weight is 278 g/mol. The second kappa shape index (κ2) is 7.25. The van der Waals surface area contributed by atoms with Gasteiger partial charge in [-0.3, -0.25) is 0 Å². The van der Waals surface area contributed by atoms with E-state index < -0.39 is 0 Å². The summed E-state index contributed by atoms with van der Waals surface area (Å²) in [5, 5.41) is 0. The molecule has 0 atom stereocenters. The lowest BCUT2D eigenvalue weighted by Gasteiger charge is -2.09. The van der Waals surface area contributed by atoms with E-state index in [1.807, 2.05) is 60.7 Å². The topological polar surface area (TPSA) is 26.3 Å². The van der Waals surface area contributed by atoms with Gasteiger partial charge in [-0.15, -0.1) is 0 Å². The van der Waals surface area contributed by atoms with Gasteiger partial charge in [-0.1, -0.05) is 73.3 Å². The Morgan fingerprint density at radius 3 is 2.19 bits per heavy atom. The van der Waals surface area contributed by atoms with Gasteiger partial charge >= 0.3 is 5.97 Å². The fraction of sp³-hybridized carbons (Fsp3) is 0.105. The van der Waals surface area contributed by atoms with Gasteiger partial charge in [-0.2, -0.15) is 0 Å². The maximum atomic E-state index is 11.6. The number of ether oxygens (including phenoxy) is 1. The van der Waals surface area contributed by atoms with E-state index in [1.54, 1.807) is 0 Å². The van der Waals surface area contributed by atoms with Gasteiger partial charge in [-0.25, -0.2) is 4.79 Å². The molecule has 2 heteroatoms. The maximum Gasteiger partial charge on any atom is 0.333 e. The molecule has 2 aromatic carbocycles. The standard InChI is InChI=1S/C19H18O2/c1-15(19(20)21-2)13-18(17-11-7-4-8-12-17)14-16-9-5-3-6-10-16/h3-12,14H,1,13H2,2H3/b18-14-. The first-order valence-electron chi connectivity index (χ1n) is 6.78. The number of hydrogen-bond donors (Lipinski definition) is 0. The molecule has 0 spiro atoms. The highest BCUT2D eigenvalue weighted by Crippen LogP contribution is 2.25. The molecule has 0 unspecified atom stereocenters. The van der Waals surface area contributed by atoms with Gasteiger partial charge in [-0.05, 0) is 16.7 Å². The van der Waals surface area contributed by atoms with Crippen molar-refractivity contribution in [3.8, 4) is 0 Å². The van der Waals surface area contributed by atoms with Gasteiger partial charge in [0.1, 0.15) is 0 Å². The Kier molecular flexibility index (Phi) is 5.10. The normalized spacial score (nSPS) is 11.0. The Morgan fingerprint density at radius 1 is 1.05 bits per heavy atom. The molecule has 0 saturated carbocycles. The molecule has 0 heterocycles. The van der Waals surface area contributed by atoms with Crippen molar-refractivity contribution < 1.29 is 9.53 Å². The number of allylic oxidation sites excluding steroid dienone is 1. The summed E-state index contributed by atoms with van der Waals surface area (Å²) in [5.41, 5.74) is 3.65. The summed E-state index contributed by atoms with van der Waals surface area (Å²) in [7, 11) is 1.37. The Bertz CT molecular complexity index is 640. The first-order valence-corrected chi connectivity index (χ1v) is 6.78. The highest BCUT2D eigenvalue weighted by atomic mass is 16.5. The smallest absolute Gasteiger partial charge is 0.333 e. The fourth-order valence-electron chi connectivity index (χ4n) is 2.09. The molecule has 0 aromatic heterocycles. The lowest BCUT2D eigenvalue weighted by Crippen LogP contribution is -2.04. The first-order chi connectivity index (χ1) is 10.2. The molecular weight excluding hydrogens is 260 g/mol. The molecule has 0 saturated heterocycles. The molecule has 0 fully saturated rings. The van der Waals surface area contributed by atoms with E-state index in [1.165, 1.54) is 7.11 Å². The number of carbonyl (C=O) groups excluding carboxylic acids is 1. The molecule has 2 aromatic rings. The molecule has 0 bridgehead atoms. The molecule has 2 nitrogen and oxygen atoms in total. The van der Waals surface area contributed by atoms with Gasteiger partial charge in [0.15, 0.2) is 0 Å². The van der Waals surface area contributed by atoms with Gasteiger partial charge in [0.05, 0.1) is 7.11 Å². The highest BCUT2D eigenvalue weighted by molar-refractivity contribution is 5.93. The van der Waals surface area contributed by atoms with Crippen molar-refractivity contribution in [2.75, 3.05) is 7.11 Å². The van der Waals surface area contributed by atoms with E-state index in [-0.39, 0.29) is 5.97 Å². The first kappa shape index (κ1) is 14.8. The SMILES string of the molecule is C=C(C/C(=C/c1ccccc1)c1ccccc1)C(=O)OC. The predicted octanol–water partition coefficient (Wildman–Crippen LogP) is 4.35. The summed E-state index contributed by atoms with van der Waals surface area (Å²) in [4.78, 5) is 11.6. The van der Waals surface area contributed by atoms with Crippen LogP contribution < -0.4 is 0 Å². The van der Waals surface area contributed by atoms with Gasteiger partial charge in [0, 0.05) is 12.0 Å². The van der Waals surface area contributed by atoms with Crippen LogP contribution in [0.2, 0.25) is 0 Å². The molecular formula is C19H18O2. The number of carbonyl (C=O) groups is 1. The van der Waals surface area contributed by atoms with Crippen molar-refractivity contribution in [1.82, 2.24) is 0 Å². The van der Waals surface area contributed by atoms with Crippen LogP contribution in [0.4, 0.5) is 0 Å². The minimum Gasteiger partial charge on any atom is -0.466 e. The molecule has 106 valence electrons. The maximum absolute atomic E-state index is 11.6.